The molecule has 1 aromatic heterocycles. The maximum absolute atomic E-state index is 6.11. The van der Waals surface area contributed by atoms with Crippen LogP contribution >= 0.6 is 23.2 Å². The SMILES string of the molecule is CCC(CC)N(C)Cc1cnc(Cl)cc1Cl. The minimum atomic E-state index is 0.443. The van der Waals surface area contributed by atoms with E-state index >= 15 is 0 Å². The van der Waals surface area contributed by atoms with E-state index in [0.717, 1.165) is 24.9 Å². The molecule has 0 unspecified atom stereocenters. The van der Waals surface area contributed by atoms with Gasteiger partial charge in [0.15, 0.2) is 0 Å². The highest BCUT2D eigenvalue weighted by Gasteiger charge is 2.12. The Kier molecular flexibility index (Phi) is 5.53. The van der Waals surface area contributed by atoms with E-state index in [0.29, 0.717) is 16.2 Å². The highest BCUT2D eigenvalue weighted by atomic mass is 35.5. The molecule has 0 atom stereocenters. The zero-order valence-electron chi connectivity index (χ0n) is 10.0. The molecule has 2 nitrogen and oxygen atoms in total. The van der Waals surface area contributed by atoms with Gasteiger partial charge in [-0.2, -0.15) is 0 Å². The normalized spacial score (nSPS) is 11.4. The van der Waals surface area contributed by atoms with Gasteiger partial charge >= 0.3 is 0 Å². The van der Waals surface area contributed by atoms with Gasteiger partial charge in [-0.25, -0.2) is 4.98 Å². The molecule has 0 amide bonds. The number of hydrogen-bond acceptors (Lipinski definition) is 2. The van der Waals surface area contributed by atoms with Gasteiger partial charge in [0.2, 0.25) is 0 Å². The molecule has 0 aliphatic carbocycles. The maximum Gasteiger partial charge on any atom is 0.130 e. The first-order valence-corrected chi connectivity index (χ1v) is 6.34. The van der Waals surface area contributed by atoms with Gasteiger partial charge in [-0.1, -0.05) is 37.0 Å². The van der Waals surface area contributed by atoms with Crippen LogP contribution in [0, 0.1) is 0 Å². The summed E-state index contributed by atoms with van der Waals surface area (Å²) in [4.78, 5) is 6.36. The number of pyridine rings is 1. The van der Waals surface area contributed by atoms with Gasteiger partial charge in [-0.05, 0) is 26.0 Å². The molecule has 0 spiro atoms. The van der Waals surface area contributed by atoms with E-state index in [1.807, 2.05) is 0 Å². The van der Waals surface area contributed by atoms with Crippen molar-refractivity contribution in [2.45, 2.75) is 39.3 Å². The van der Waals surface area contributed by atoms with Gasteiger partial charge in [-0.15, -0.1) is 0 Å². The Morgan fingerprint density at radius 2 is 1.94 bits per heavy atom. The summed E-state index contributed by atoms with van der Waals surface area (Å²) in [6, 6.07) is 2.28. The molecule has 1 heterocycles. The van der Waals surface area contributed by atoms with Crippen molar-refractivity contribution in [3.8, 4) is 0 Å². The van der Waals surface area contributed by atoms with E-state index in [4.69, 9.17) is 23.2 Å². The molecule has 0 bridgehead atoms. The van der Waals surface area contributed by atoms with Crippen LogP contribution in [0.4, 0.5) is 0 Å². The topological polar surface area (TPSA) is 16.1 Å². The van der Waals surface area contributed by atoms with Gasteiger partial charge in [0.05, 0.1) is 0 Å². The fourth-order valence-electron chi connectivity index (χ4n) is 1.86. The van der Waals surface area contributed by atoms with Crippen molar-refractivity contribution in [2.24, 2.45) is 0 Å². The number of hydrogen-bond donors (Lipinski definition) is 0. The van der Waals surface area contributed by atoms with E-state index in [2.05, 4.69) is 30.8 Å². The molecule has 1 rings (SSSR count). The van der Waals surface area contributed by atoms with Crippen LogP contribution in [0.1, 0.15) is 32.3 Å². The van der Waals surface area contributed by atoms with E-state index < -0.39 is 0 Å². The predicted molar refractivity (Wildman–Crippen MR) is 70.1 cm³/mol. The largest absolute Gasteiger partial charge is 0.299 e. The first kappa shape index (κ1) is 13.8. The van der Waals surface area contributed by atoms with Crippen molar-refractivity contribution >= 4 is 23.2 Å². The number of aromatic nitrogens is 1. The monoisotopic (exact) mass is 260 g/mol. The lowest BCUT2D eigenvalue weighted by atomic mass is 10.1. The molecular weight excluding hydrogens is 243 g/mol. The van der Waals surface area contributed by atoms with Crippen molar-refractivity contribution in [3.63, 3.8) is 0 Å². The van der Waals surface area contributed by atoms with Crippen LogP contribution in [-0.2, 0) is 6.54 Å². The summed E-state index contributed by atoms with van der Waals surface area (Å²) in [5, 5.41) is 1.14. The molecule has 16 heavy (non-hydrogen) atoms. The average Bonchev–Trinajstić information content (AvgIpc) is 2.24. The van der Waals surface area contributed by atoms with Gasteiger partial charge in [0, 0.05) is 29.4 Å². The Labute approximate surface area is 108 Å². The van der Waals surface area contributed by atoms with Gasteiger partial charge in [0.25, 0.3) is 0 Å². The van der Waals surface area contributed by atoms with E-state index in [1.54, 1.807) is 12.3 Å². The van der Waals surface area contributed by atoms with Crippen LogP contribution < -0.4 is 0 Å². The summed E-state index contributed by atoms with van der Waals surface area (Å²) in [5.74, 6) is 0. The highest BCUT2D eigenvalue weighted by Crippen LogP contribution is 2.21. The first-order chi connectivity index (χ1) is 7.58. The fraction of sp³-hybridized carbons (Fsp3) is 0.583. The Bertz CT molecular complexity index is 338. The molecule has 0 fully saturated rings. The average molecular weight is 261 g/mol. The molecule has 0 N–H and O–H groups in total. The fourth-order valence-corrected chi connectivity index (χ4v) is 2.29. The van der Waals surface area contributed by atoms with Crippen molar-refractivity contribution in [1.29, 1.82) is 0 Å². The van der Waals surface area contributed by atoms with E-state index in [-0.39, 0.29) is 0 Å². The summed E-state index contributed by atoms with van der Waals surface area (Å²) >= 11 is 11.9. The lowest BCUT2D eigenvalue weighted by Gasteiger charge is -2.26. The van der Waals surface area contributed by atoms with Crippen LogP contribution in [0.5, 0.6) is 0 Å². The van der Waals surface area contributed by atoms with E-state index in [9.17, 15) is 0 Å². The van der Waals surface area contributed by atoms with Crippen molar-refractivity contribution in [1.82, 2.24) is 9.88 Å². The summed E-state index contributed by atoms with van der Waals surface area (Å²) < 4.78 is 0. The van der Waals surface area contributed by atoms with Gasteiger partial charge < -0.3 is 0 Å². The van der Waals surface area contributed by atoms with Crippen LogP contribution in [-0.4, -0.2) is 23.0 Å². The van der Waals surface area contributed by atoms with Gasteiger partial charge in [0.1, 0.15) is 5.15 Å². The smallest absolute Gasteiger partial charge is 0.130 e. The molecule has 0 saturated heterocycles. The van der Waals surface area contributed by atoms with Crippen molar-refractivity contribution in [2.75, 3.05) is 7.05 Å². The van der Waals surface area contributed by atoms with Gasteiger partial charge in [-0.3, -0.25) is 4.90 Å². The number of halogens is 2. The molecule has 4 heteroatoms. The minimum absolute atomic E-state index is 0.443. The summed E-state index contributed by atoms with van der Waals surface area (Å²) in [5.41, 5.74) is 1.03. The summed E-state index contributed by atoms with van der Waals surface area (Å²) in [7, 11) is 2.11. The molecular formula is C12H18Cl2N2. The Morgan fingerprint density at radius 1 is 1.31 bits per heavy atom. The van der Waals surface area contributed by atoms with Crippen LogP contribution in [0.3, 0.4) is 0 Å². The predicted octanol–water partition coefficient (Wildman–Crippen LogP) is 4.01. The second kappa shape index (κ2) is 6.43. The molecule has 0 aromatic carbocycles. The zero-order valence-corrected chi connectivity index (χ0v) is 11.5. The van der Waals surface area contributed by atoms with Crippen LogP contribution in [0.15, 0.2) is 12.3 Å². The Balaban J connectivity index is 2.72. The van der Waals surface area contributed by atoms with Crippen molar-refractivity contribution < 1.29 is 0 Å². The highest BCUT2D eigenvalue weighted by molar-refractivity contribution is 6.34. The summed E-state index contributed by atoms with van der Waals surface area (Å²) in [6.45, 7) is 5.22. The first-order valence-electron chi connectivity index (χ1n) is 5.58. The molecule has 1 aromatic rings. The van der Waals surface area contributed by atoms with E-state index in [1.165, 1.54) is 0 Å². The van der Waals surface area contributed by atoms with Crippen LogP contribution in [0.2, 0.25) is 10.2 Å². The second-order valence-corrected chi connectivity index (χ2v) is 4.78. The quantitative estimate of drug-likeness (QED) is 0.744. The maximum atomic E-state index is 6.11. The molecule has 0 aliphatic heterocycles. The molecule has 0 aliphatic rings. The number of rotatable bonds is 5. The third-order valence-corrected chi connectivity index (χ3v) is 3.44. The Morgan fingerprint density at radius 3 is 2.44 bits per heavy atom. The Hall–Kier alpha value is -0.310. The third-order valence-electron chi connectivity index (χ3n) is 2.88. The summed E-state index contributed by atoms with van der Waals surface area (Å²) in [6.07, 6.45) is 4.04. The van der Waals surface area contributed by atoms with Crippen LogP contribution in [0.25, 0.3) is 0 Å². The second-order valence-electron chi connectivity index (χ2n) is 3.98. The minimum Gasteiger partial charge on any atom is -0.299 e. The molecule has 90 valence electrons. The standard InChI is InChI=1S/C12H18Cl2N2/c1-4-10(5-2)16(3)8-9-7-15-12(14)6-11(9)13/h6-7,10H,4-5,8H2,1-3H3. The lowest BCUT2D eigenvalue weighted by molar-refractivity contribution is 0.221. The van der Waals surface area contributed by atoms with Crippen molar-refractivity contribution in [3.05, 3.63) is 28.0 Å². The number of nitrogens with zero attached hydrogens (tertiary/aromatic N) is 2. The molecule has 0 saturated carbocycles. The lowest BCUT2D eigenvalue weighted by Crippen LogP contribution is -2.30. The zero-order chi connectivity index (χ0) is 12.1. The molecule has 0 radical (unpaired) electrons. The third kappa shape index (κ3) is 3.62.